The lowest BCUT2D eigenvalue weighted by atomic mass is 9.86. The Morgan fingerprint density at radius 3 is 2.29 bits per heavy atom. The number of nitrogens with one attached hydrogen (secondary N) is 1. The lowest BCUT2D eigenvalue weighted by molar-refractivity contribution is -0.145. The standard InChI is InChI=1S/C12H22N2O3/c1-12(2,3)9(11(16)17)14-10(15)8(13)6-7-4-5-7/h7-9H,4-6,13H2,1-3H3,(H,14,15)(H,16,17)/t8?,9-/m0/s1. The maximum absolute atomic E-state index is 11.8. The highest BCUT2D eigenvalue weighted by Crippen LogP contribution is 2.33. The number of nitrogens with two attached hydrogens (primary N) is 1. The molecule has 0 saturated heterocycles. The topological polar surface area (TPSA) is 92.4 Å². The second-order valence-corrected chi connectivity index (χ2v) is 5.93. The second kappa shape index (κ2) is 5.04. The minimum atomic E-state index is -1.02. The van der Waals surface area contributed by atoms with Gasteiger partial charge in [-0.15, -0.1) is 0 Å². The molecule has 5 nitrogen and oxygen atoms in total. The molecule has 5 heteroatoms. The van der Waals surface area contributed by atoms with Crippen molar-refractivity contribution in [2.75, 3.05) is 0 Å². The molecule has 17 heavy (non-hydrogen) atoms. The quantitative estimate of drug-likeness (QED) is 0.662. The summed E-state index contributed by atoms with van der Waals surface area (Å²) in [4.78, 5) is 22.9. The summed E-state index contributed by atoms with van der Waals surface area (Å²) in [5, 5.41) is 11.6. The molecule has 0 bridgehead atoms. The molecule has 0 radical (unpaired) electrons. The number of carboxylic acids is 1. The minimum absolute atomic E-state index is 0.362. The molecule has 0 aromatic rings. The highest BCUT2D eigenvalue weighted by atomic mass is 16.4. The summed E-state index contributed by atoms with van der Waals surface area (Å²) < 4.78 is 0. The van der Waals surface area contributed by atoms with E-state index in [1.165, 1.54) is 0 Å². The Hall–Kier alpha value is -1.10. The lowest BCUT2D eigenvalue weighted by Gasteiger charge is -2.28. The van der Waals surface area contributed by atoms with Gasteiger partial charge in [0.25, 0.3) is 0 Å². The van der Waals surface area contributed by atoms with Crippen LogP contribution >= 0.6 is 0 Å². The first-order chi connectivity index (χ1) is 7.71. The van der Waals surface area contributed by atoms with Crippen LogP contribution in [0.25, 0.3) is 0 Å². The SMILES string of the molecule is CC(C)(C)[C@@H](NC(=O)C(N)CC1CC1)C(=O)O. The summed E-state index contributed by atoms with van der Waals surface area (Å²) in [6.07, 6.45) is 2.91. The van der Waals surface area contributed by atoms with E-state index in [1.807, 2.05) is 0 Å². The van der Waals surface area contributed by atoms with Crippen LogP contribution in [0.5, 0.6) is 0 Å². The van der Waals surface area contributed by atoms with Crippen LogP contribution in [0.15, 0.2) is 0 Å². The molecule has 0 aliphatic heterocycles. The molecular weight excluding hydrogens is 220 g/mol. The molecule has 1 aliphatic rings. The van der Waals surface area contributed by atoms with Gasteiger partial charge in [0.05, 0.1) is 6.04 Å². The molecule has 2 atom stereocenters. The van der Waals surface area contributed by atoms with Crippen molar-refractivity contribution in [2.45, 2.75) is 52.1 Å². The van der Waals surface area contributed by atoms with Crippen LogP contribution in [0.1, 0.15) is 40.0 Å². The van der Waals surface area contributed by atoms with Gasteiger partial charge in [0.15, 0.2) is 0 Å². The first kappa shape index (κ1) is 14.0. The first-order valence-corrected chi connectivity index (χ1v) is 6.00. The maximum Gasteiger partial charge on any atom is 0.326 e. The number of carbonyl (C=O) groups excluding carboxylic acids is 1. The summed E-state index contributed by atoms with van der Waals surface area (Å²) in [5.41, 5.74) is 5.22. The normalized spacial score (nSPS) is 19.5. The highest BCUT2D eigenvalue weighted by molar-refractivity contribution is 5.87. The Kier molecular flexibility index (Phi) is 4.14. The molecule has 1 saturated carbocycles. The summed E-state index contributed by atoms with van der Waals surface area (Å²) in [7, 11) is 0. The third-order valence-electron chi connectivity index (χ3n) is 3.02. The van der Waals surface area contributed by atoms with Crippen LogP contribution < -0.4 is 11.1 Å². The number of hydrogen-bond donors (Lipinski definition) is 3. The average Bonchev–Trinajstić information content (AvgIpc) is 2.94. The zero-order chi connectivity index (χ0) is 13.2. The number of rotatable bonds is 5. The maximum atomic E-state index is 11.8. The largest absolute Gasteiger partial charge is 0.480 e. The average molecular weight is 242 g/mol. The van der Waals surface area contributed by atoms with Gasteiger partial charge in [-0.3, -0.25) is 4.79 Å². The number of amides is 1. The van der Waals surface area contributed by atoms with E-state index in [-0.39, 0.29) is 5.91 Å². The molecule has 98 valence electrons. The van der Waals surface area contributed by atoms with Crippen molar-refractivity contribution in [3.63, 3.8) is 0 Å². The summed E-state index contributed by atoms with van der Waals surface area (Å²) in [6, 6.07) is -1.49. The summed E-state index contributed by atoms with van der Waals surface area (Å²) in [6.45, 7) is 5.33. The van der Waals surface area contributed by atoms with Gasteiger partial charge in [-0.05, 0) is 17.8 Å². The fourth-order valence-electron chi connectivity index (χ4n) is 1.72. The van der Waals surface area contributed by atoms with E-state index in [0.717, 1.165) is 12.8 Å². The number of aliphatic carboxylic acids is 1. The van der Waals surface area contributed by atoms with Gasteiger partial charge < -0.3 is 16.2 Å². The van der Waals surface area contributed by atoms with Crippen molar-refractivity contribution >= 4 is 11.9 Å². The Morgan fingerprint density at radius 2 is 1.94 bits per heavy atom. The fraction of sp³-hybridized carbons (Fsp3) is 0.833. The molecular formula is C12H22N2O3. The zero-order valence-corrected chi connectivity index (χ0v) is 10.7. The highest BCUT2D eigenvalue weighted by Gasteiger charge is 2.35. The molecule has 1 aliphatic carbocycles. The van der Waals surface area contributed by atoms with Crippen molar-refractivity contribution in [3.8, 4) is 0 Å². The minimum Gasteiger partial charge on any atom is -0.480 e. The first-order valence-electron chi connectivity index (χ1n) is 6.00. The lowest BCUT2D eigenvalue weighted by Crippen LogP contribution is -2.53. The summed E-state index contributed by atoms with van der Waals surface area (Å²) >= 11 is 0. The Bertz CT molecular complexity index is 305. The smallest absolute Gasteiger partial charge is 0.326 e. The van der Waals surface area contributed by atoms with E-state index in [9.17, 15) is 9.59 Å². The van der Waals surface area contributed by atoms with E-state index in [1.54, 1.807) is 20.8 Å². The molecule has 0 aromatic carbocycles. The van der Waals surface area contributed by atoms with Gasteiger partial charge in [0.2, 0.25) is 5.91 Å². The molecule has 1 unspecified atom stereocenters. The van der Waals surface area contributed by atoms with E-state index in [0.29, 0.717) is 12.3 Å². The third-order valence-corrected chi connectivity index (χ3v) is 3.02. The van der Waals surface area contributed by atoms with Crippen LogP contribution in [0.3, 0.4) is 0 Å². The summed E-state index contributed by atoms with van der Waals surface area (Å²) in [5.74, 6) is -0.836. The van der Waals surface area contributed by atoms with Crippen molar-refractivity contribution in [2.24, 2.45) is 17.1 Å². The third kappa shape index (κ3) is 4.34. The monoisotopic (exact) mass is 242 g/mol. The molecule has 0 heterocycles. The number of carbonyl (C=O) groups is 2. The Morgan fingerprint density at radius 1 is 1.41 bits per heavy atom. The van der Waals surface area contributed by atoms with Crippen LogP contribution in [-0.2, 0) is 9.59 Å². The zero-order valence-electron chi connectivity index (χ0n) is 10.7. The van der Waals surface area contributed by atoms with Crippen LogP contribution in [0, 0.1) is 11.3 Å². The molecule has 0 aromatic heterocycles. The predicted molar refractivity (Wildman–Crippen MR) is 64.3 cm³/mol. The molecule has 0 spiro atoms. The van der Waals surface area contributed by atoms with Crippen molar-refractivity contribution < 1.29 is 14.7 Å². The van der Waals surface area contributed by atoms with Gasteiger partial charge in [-0.2, -0.15) is 0 Å². The van der Waals surface area contributed by atoms with E-state index < -0.39 is 23.5 Å². The number of hydrogen-bond acceptors (Lipinski definition) is 3. The van der Waals surface area contributed by atoms with E-state index >= 15 is 0 Å². The van der Waals surface area contributed by atoms with Crippen LogP contribution in [0.2, 0.25) is 0 Å². The second-order valence-electron chi connectivity index (χ2n) is 5.93. The predicted octanol–water partition coefficient (Wildman–Crippen LogP) is 0.729. The number of carboxylic acid groups (broad SMARTS) is 1. The van der Waals surface area contributed by atoms with Crippen LogP contribution in [-0.4, -0.2) is 29.1 Å². The van der Waals surface area contributed by atoms with Gasteiger partial charge in [-0.25, -0.2) is 4.79 Å². The van der Waals surface area contributed by atoms with Gasteiger partial charge in [0, 0.05) is 0 Å². The van der Waals surface area contributed by atoms with Crippen LogP contribution in [0.4, 0.5) is 0 Å². The molecule has 1 rings (SSSR count). The van der Waals surface area contributed by atoms with Gasteiger partial charge in [0.1, 0.15) is 6.04 Å². The Labute approximate surface area is 102 Å². The van der Waals surface area contributed by atoms with E-state index in [2.05, 4.69) is 5.32 Å². The van der Waals surface area contributed by atoms with Crippen molar-refractivity contribution in [3.05, 3.63) is 0 Å². The van der Waals surface area contributed by atoms with Gasteiger partial charge >= 0.3 is 5.97 Å². The van der Waals surface area contributed by atoms with Crippen molar-refractivity contribution in [1.82, 2.24) is 5.32 Å². The molecule has 1 amide bonds. The fourth-order valence-corrected chi connectivity index (χ4v) is 1.72. The van der Waals surface area contributed by atoms with E-state index in [4.69, 9.17) is 10.8 Å². The Balaban J connectivity index is 2.53. The molecule has 4 N–H and O–H groups in total. The van der Waals surface area contributed by atoms with Crippen molar-refractivity contribution in [1.29, 1.82) is 0 Å². The molecule has 1 fully saturated rings. The van der Waals surface area contributed by atoms with Gasteiger partial charge in [-0.1, -0.05) is 33.6 Å².